The van der Waals surface area contributed by atoms with Gasteiger partial charge in [-0.05, 0) is 49.1 Å². The molecule has 3 heteroatoms. The van der Waals surface area contributed by atoms with Gasteiger partial charge in [-0.3, -0.25) is 4.98 Å². The molecule has 2 saturated carbocycles. The lowest BCUT2D eigenvalue weighted by Gasteiger charge is -2.17. The van der Waals surface area contributed by atoms with E-state index >= 15 is 0 Å². The van der Waals surface area contributed by atoms with Crippen LogP contribution in [0.15, 0.2) is 18.5 Å². The van der Waals surface area contributed by atoms with Gasteiger partial charge in [-0.25, -0.2) is 4.39 Å². The molecule has 0 radical (unpaired) electrons. The molecule has 2 aliphatic carbocycles. The smallest absolute Gasteiger partial charge is 0.141 e. The van der Waals surface area contributed by atoms with Crippen molar-refractivity contribution in [2.45, 2.75) is 38.3 Å². The van der Waals surface area contributed by atoms with Crippen molar-refractivity contribution in [3.8, 4) is 0 Å². The molecule has 2 nitrogen and oxygen atoms in total. The SMILES string of the molecule is Fc1cncc(CNC(C2CC2)C2CC2)c1. The molecule has 1 N–H and O–H groups in total. The summed E-state index contributed by atoms with van der Waals surface area (Å²) in [6.45, 7) is 0.752. The first kappa shape index (κ1) is 10.2. The molecule has 0 unspecified atom stereocenters. The molecule has 0 amide bonds. The molecule has 2 aliphatic rings. The van der Waals surface area contributed by atoms with Gasteiger partial charge in [0.2, 0.25) is 0 Å². The summed E-state index contributed by atoms with van der Waals surface area (Å²) >= 11 is 0. The Hall–Kier alpha value is -0.960. The maximum Gasteiger partial charge on any atom is 0.141 e. The van der Waals surface area contributed by atoms with Crippen LogP contribution in [0, 0.1) is 17.7 Å². The van der Waals surface area contributed by atoms with Gasteiger partial charge in [0.05, 0.1) is 6.20 Å². The molecule has 1 aromatic heterocycles. The Labute approximate surface area is 95.3 Å². The number of nitrogens with one attached hydrogen (secondary N) is 1. The molecular formula is C13H17FN2. The predicted molar refractivity (Wildman–Crippen MR) is 60.3 cm³/mol. The highest BCUT2D eigenvalue weighted by Crippen LogP contribution is 2.44. The second kappa shape index (κ2) is 4.13. The van der Waals surface area contributed by atoms with Gasteiger partial charge in [0.25, 0.3) is 0 Å². The predicted octanol–water partition coefficient (Wildman–Crippen LogP) is 2.50. The van der Waals surface area contributed by atoms with Crippen LogP contribution in [0.4, 0.5) is 4.39 Å². The molecule has 0 bridgehead atoms. The molecule has 2 fully saturated rings. The highest BCUT2D eigenvalue weighted by molar-refractivity contribution is 5.10. The summed E-state index contributed by atoms with van der Waals surface area (Å²) in [5.74, 6) is 1.52. The summed E-state index contributed by atoms with van der Waals surface area (Å²) in [5.41, 5.74) is 0.950. The fourth-order valence-electron chi connectivity index (χ4n) is 2.42. The number of pyridine rings is 1. The Kier molecular flexibility index (Phi) is 2.64. The molecule has 1 heterocycles. The fraction of sp³-hybridized carbons (Fsp3) is 0.615. The van der Waals surface area contributed by atoms with E-state index < -0.39 is 0 Å². The molecule has 16 heavy (non-hydrogen) atoms. The first-order valence-electron chi connectivity index (χ1n) is 6.16. The average molecular weight is 220 g/mol. The first-order chi connectivity index (χ1) is 7.83. The minimum absolute atomic E-state index is 0.242. The lowest BCUT2D eigenvalue weighted by Crippen LogP contribution is -2.32. The van der Waals surface area contributed by atoms with Gasteiger partial charge in [-0.1, -0.05) is 0 Å². The van der Waals surface area contributed by atoms with E-state index in [1.165, 1.54) is 31.9 Å². The topological polar surface area (TPSA) is 24.9 Å². The summed E-state index contributed by atoms with van der Waals surface area (Å²) in [4.78, 5) is 3.87. The van der Waals surface area contributed by atoms with Gasteiger partial charge in [-0.2, -0.15) is 0 Å². The molecular weight excluding hydrogens is 203 g/mol. The van der Waals surface area contributed by atoms with Gasteiger partial charge in [-0.15, -0.1) is 0 Å². The maximum atomic E-state index is 12.9. The summed E-state index contributed by atoms with van der Waals surface area (Å²) in [7, 11) is 0. The van der Waals surface area contributed by atoms with E-state index in [9.17, 15) is 4.39 Å². The van der Waals surface area contributed by atoms with Crippen molar-refractivity contribution >= 4 is 0 Å². The second-order valence-electron chi connectivity index (χ2n) is 5.09. The van der Waals surface area contributed by atoms with Crippen LogP contribution in [0.25, 0.3) is 0 Å². The van der Waals surface area contributed by atoms with E-state index in [4.69, 9.17) is 0 Å². The highest BCUT2D eigenvalue weighted by atomic mass is 19.1. The minimum atomic E-state index is -0.242. The van der Waals surface area contributed by atoms with Gasteiger partial charge in [0.15, 0.2) is 0 Å². The molecule has 0 saturated heterocycles. The normalized spacial score (nSPS) is 20.4. The van der Waals surface area contributed by atoms with E-state index in [0.717, 1.165) is 23.9 Å². The van der Waals surface area contributed by atoms with Gasteiger partial charge in [0, 0.05) is 18.8 Å². The lowest BCUT2D eigenvalue weighted by molar-refractivity contribution is 0.415. The zero-order chi connectivity index (χ0) is 11.0. The number of halogens is 1. The van der Waals surface area contributed by atoms with Crippen LogP contribution in [0.1, 0.15) is 31.2 Å². The minimum Gasteiger partial charge on any atom is -0.309 e. The van der Waals surface area contributed by atoms with Crippen LogP contribution >= 0.6 is 0 Å². The van der Waals surface area contributed by atoms with E-state index in [2.05, 4.69) is 10.3 Å². The zero-order valence-corrected chi connectivity index (χ0v) is 9.32. The lowest BCUT2D eigenvalue weighted by atomic mass is 10.1. The quantitative estimate of drug-likeness (QED) is 0.824. The number of hydrogen-bond acceptors (Lipinski definition) is 2. The van der Waals surface area contributed by atoms with Crippen molar-refractivity contribution in [3.05, 3.63) is 29.8 Å². The molecule has 0 aromatic carbocycles. The molecule has 1 aromatic rings. The Morgan fingerprint density at radius 2 is 1.94 bits per heavy atom. The van der Waals surface area contributed by atoms with E-state index in [0.29, 0.717) is 6.04 Å². The van der Waals surface area contributed by atoms with Crippen molar-refractivity contribution in [1.82, 2.24) is 10.3 Å². The summed E-state index contributed by atoms with van der Waals surface area (Å²) in [6, 6.07) is 2.24. The van der Waals surface area contributed by atoms with Crippen molar-refractivity contribution in [2.24, 2.45) is 11.8 Å². The number of nitrogens with zero attached hydrogens (tertiary/aromatic N) is 1. The van der Waals surface area contributed by atoms with E-state index in [1.807, 2.05) is 0 Å². The van der Waals surface area contributed by atoms with Gasteiger partial charge in [0.1, 0.15) is 5.82 Å². The van der Waals surface area contributed by atoms with Gasteiger partial charge >= 0.3 is 0 Å². The number of rotatable bonds is 5. The largest absolute Gasteiger partial charge is 0.309 e. The standard InChI is InChI=1S/C13H17FN2/c14-12-5-9(6-15-8-12)7-16-13(10-1-2-10)11-3-4-11/h5-6,8,10-11,13,16H,1-4,7H2. The Morgan fingerprint density at radius 1 is 1.25 bits per heavy atom. The van der Waals surface area contributed by atoms with Crippen LogP contribution in [0.5, 0.6) is 0 Å². The monoisotopic (exact) mass is 220 g/mol. The molecule has 0 aliphatic heterocycles. The first-order valence-corrected chi connectivity index (χ1v) is 6.16. The average Bonchev–Trinajstić information content (AvgIpc) is 3.13. The Bertz CT molecular complexity index is 360. The summed E-state index contributed by atoms with van der Waals surface area (Å²) in [5, 5.41) is 3.58. The van der Waals surface area contributed by atoms with E-state index in [1.54, 1.807) is 12.3 Å². The number of hydrogen-bond donors (Lipinski definition) is 1. The zero-order valence-electron chi connectivity index (χ0n) is 9.32. The van der Waals surface area contributed by atoms with Crippen molar-refractivity contribution in [3.63, 3.8) is 0 Å². The maximum absolute atomic E-state index is 12.9. The van der Waals surface area contributed by atoms with E-state index in [-0.39, 0.29) is 5.82 Å². The molecule has 0 spiro atoms. The van der Waals surface area contributed by atoms with Crippen molar-refractivity contribution < 1.29 is 4.39 Å². The van der Waals surface area contributed by atoms with Crippen LogP contribution in [-0.4, -0.2) is 11.0 Å². The molecule has 86 valence electrons. The summed E-state index contributed by atoms with van der Waals surface area (Å²) in [6.07, 6.45) is 8.48. The summed E-state index contributed by atoms with van der Waals surface area (Å²) < 4.78 is 12.9. The molecule has 3 rings (SSSR count). The Morgan fingerprint density at radius 3 is 2.50 bits per heavy atom. The number of aromatic nitrogens is 1. The van der Waals surface area contributed by atoms with Crippen molar-refractivity contribution in [1.29, 1.82) is 0 Å². The highest BCUT2D eigenvalue weighted by Gasteiger charge is 2.40. The van der Waals surface area contributed by atoms with Crippen molar-refractivity contribution in [2.75, 3.05) is 0 Å². The fourth-order valence-corrected chi connectivity index (χ4v) is 2.42. The third kappa shape index (κ3) is 2.40. The van der Waals surface area contributed by atoms with Crippen LogP contribution in [-0.2, 0) is 6.54 Å². The van der Waals surface area contributed by atoms with Gasteiger partial charge < -0.3 is 5.32 Å². The third-order valence-electron chi connectivity index (χ3n) is 3.56. The second-order valence-corrected chi connectivity index (χ2v) is 5.09. The Balaban J connectivity index is 1.58. The third-order valence-corrected chi connectivity index (χ3v) is 3.56. The van der Waals surface area contributed by atoms with Crippen LogP contribution in [0.3, 0.4) is 0 Å². The van der Waals surface area contributed by atoms with Crippen LogP contribution < -0.4 is 5.32 Å². The molecule has 0 atom stereocenters. The van der Waals surface area contributed by atoms with Crippen LogP contribution in [0.2, 0.25) is 0 Å².